The second-order valence-electron chi connectivity index (χ2n) is 5.15. The molecule has 1 unspecified atom stereocenters. The zero-order chi connectivity index (χ0) is 10.2. The molecule has 2 heteroatoms. The maximum Gasteiger partial charge on any atom is 0.104 e. The summed E-state index contributed by atoms with van der Waals surface area (Å²) < 4.78 is -0.00412. The first-order chi connectivity index (χ1) is 6.64. The Bertz CT molecular complexity index is 248. The van der Waals surface area contributed by atoms with Gasteiger partial charge in [0.05, 0.1) is 6.07 Å². The maximum atomic E-state index is 9.26. The van der Waals surface area contributed by atoms with Crippen molar-refractivity contribution in [2.24, 2.45) is 5.41 Å². The molecule has 0 heterocycles. The largest absolute Gasteiger partial charge is 0.197 e. The third-order valence-corrected chi connectivity index (χ3v) is 5.51. The molecule has 78 valence electrons. The lowest BCUT2D eigenvalue weighted by Gasteiger charge is -2.58. The fourth-order valence-corrected chi connectivity index (χ4v) is 4.62. The smallest absolute Gasteiger partial charge is 0.104 e. The van der Waals surface area contributed by atoms with Gasteiger partial charge in [0, 0.05) is 5.25 Å². The topological polar surface area (TPSA) is 23.8 Å². The number of hydrogen-bond acceptors (Lipinski definition) is 2. The molecule has 0 aromatic carbocycles. The van der Waals surface area contributed by atoms with Crippen LogP contribution in [0.25, 0.3) is 0 Å². The van der Waals surface area contributed by atoms with Gasteiger partial charge in [0.1, 0.15) is 4.75 Å². The van der Waals surface area contributed by atoms with Crippen molar-refractivity contribution in [2.45, 2.75) is 62.4 Å². The average Bonchev–Trinajstić information content (AvgIpc) is 2.07. The molecule has 2 rings (SSSR count). The normalized spacial score (nSPS) is 28.6. The summed E-state index contributed by atoms with van der Waals surface area (Å²) in [5.41, 5.74) is 0.621. The standard InChI is InChI=1S/C12H19NS/c1-3-10(2)14-12(9-13)7-11(8-12)5-4-6-11/h10H,3-8H2,1-2H3. The van der Waals surface area contributed by atoms with Gasteiger partial charge in [0.25, 0.3) is 0 Å². The molecule has 1 atom stereocenters. The van der Waals surface area contributed by atoms with Crippen LogP contribution in [0.1, 0.15) is 52.4 Å². The molecular weight excluding hydrogens is 190 g/mol. The minimum atomic E-state index is -0.00412. The first kappa shape index (κ1) is 10.4. The molecule has 0 radical (unpaired) electrons. The zero-order valence-corrected chi connectivity index (χ0v) is 9.99. The van der Waals surface area contributed by atoms with Gasteiger partial charge in [-0.15, -0.1) is 11.8 Å². The highest BCUT2D eigenvalue weighted by Crippen LogP contribution is 2.65. The summed E-state index contributed by atoms with van der Waals surface area (Å²) in [6.45, 7) is 4.45. The van der Waals surface area contributed by atoms with Crippen molar-refractivity contribution in [3.8, 4) is 6.07 Å². The second-order valence-corrected chi connectivity index (χ2v) is 6.97. The summed E-state index contributed by atoms with van der Waals surface area (Å²) >= 11 is 1.92. The number of thioether (sulfide) groups is 1. The summed E-state index contributed by atoms with van der Waals surface area (Å²) in [5, 5.41) is 9.91. The lowest BCUT2D eigenvalue weighted by Crippen LogP contribution is -2.53. The molecule has 0 saturated heterocycles. The van der Waals surface area contributed by atoms with E-state index in [0.717, 1.165) is 0 Å². The van der Waals surface area contributed by atoms with Crippen LogP contribution in [-0.4, -0.2) is 10.00 Å². The van der Waals surface area contributed by atoms with Crippen LogP contribution in [-0.2, 0) is 0 Å². The van der Waals surface area contributed by atoms with Crippen molar-refractivity contribution in [2.75, 3.05) is 0 Å². The van der Waals surface area contributed by atoms with Crippen molar-refractivity contribution in [3.05, 3.63) is 0 Å². The van der Waals surface area contributed by atoms with Crippen LogP contribution >= 0.6 is 11.8 Å². The second kappa shape index (κ2) is 3.45. The lowest BCUT2D eigenvalue weighted by molar-refractivity contribution is 0.0150. The van der Waals surface area contributed by atoms with Gasteiger partial charge in [-0.05, 0) is 37.5 Å². The van der Waals surface area contributed by atoms with Gasteiger partial charge in [-0.2, -0.15) is 5.26 Å². The highest BCUT2D eigenvalue weighted by molar-refractivity contribution is 8.01. The summed E-state index contributed by atoms with van der Waals surface area (Å²) in [6.07, 6.45) is 7.70. The van der Waals surface area contributed by atoms with Crippen molar-refractivity contribution in [1.29, 1.82) is 5.26 Å². The van der Waals surface area contributed by atoms with E-state index >= 15 is 0 Å². The predicted molar refractivity (Wildman–Crippen MR) is 61.2 cm³/mol. The minimum Gasteiger partial charge on any atom is -0.197 e. The van der Waals surface area contributed by atoms with E-state index in [4.69, 9.17) is 0 Å². The van der Waals surface area contributed by atoms with E-state index in [9.17, 15) is 5.26 Å². The molecule has 2 fully saturated rings. The molecule has 0 aliphatic heterocycles. The SMILES string of the molecule is CCC(C)SC1(C#N)CC2(CCC2)C1. The van der Waals surface area contributed by atoms with Crippen LogP contribution in [0.15, 0.2) is 0 Å². The van der Waals surface area contributed by atoms with Gasteiger partial charge in [0.2, 0.25) is 0 Å². The zero-order valence-electron chi connectivity index (χ0n) is 9.18. The van der Waals surface area contributed by atoms with E-state index < -0.39 is 0 Å². The monoisotopic (exact) mass is 209 g/mol. The van der Waals surface area contributed by atoms with Crippen LogP contribution in [0.5, 0.6) is 0 Å². The van der Waals surface area contributed by atoms with E-state index in [1.54, 1.807) is 0 Å². The van der Waals surface area contributed by atoms with Gasteiger partial charge in [-0.1, -0.05) is 20.3 Å². The Hall–Kier alpha value is -0.160. The van der Waals surface area contributed by atoms with E-state index in [-0.39, 0.29) is 4.75 Å². The molecule has 2 aliphatic carbocycles. The molecule has 14 heavy (non-hydrogen) atoms. The molecule has 0 N–H and O–H groups in total. The van der Waals surface area contributed by atoms with Crippen LogP contribution in [0.4, 0.5) is 0 Å². The molecule has 0 bridgehead atoms. The van der Waals surface area contributed by atoms with Crippen molar-refractivity contribution < 1.29 is 0 Å². The van der Waals surface area contributed by atoms with Gasteiger partial charge >= 0.3 is 0 Å². The maximum absolute atomic E-state index is 9.26. The molecule has 1 spiro atoms. The molecular formula is C12H19NS. The van der Waals surface area contributed by atoms with Crippen LogP contribution in [0, 0.1) is 16.7 Å². The third-order valence-electron chi connectivity index (χ3n) is 3.94. The molecule has 2 aliphatic rings. The van der Waals surface area contributed by atoms with Gasteiger partial charge in [-0.25, -0.2) is 0 Å². The van der Waals surface area contributed by atoms with Gasteiger partial charge in [0.15, 0.2) is 0 Å². The van der Waals surface area contributed by atoms with Gasteiger partial charge < -0.3 is 0 Å². The Morgan fingerprint density at radius 3 is 2.43 bits per heavy atom. The Morgan fingerprint density at radius 2 is 2.07 bits per heavy atom. The van der Waals surface area contributed by atoms with Crippen LogP contribution in [0.2, 0.25) is 0 Å². The van der Waals surface area contributed by atoms with Crippen LogP contribution in [0.3, 0.4) is 0 Å². The lowest BCUT2D eigenvalue weighted by atomic mass is 9.52. The Kier molecular flexibility index (Phi) is 2.55. The molecule has 0 aromatic heterocycles. The Morgan fingerprint density at radius 1 is 1.43 bits per heavy atom. The van der Waals surface area contributed by atoms with E-state index in [0.29, 0.717) is 10.7 Å². The Labute approximate surface area is 91.3 Å². The fraction of sp³-hybridized carbons (Fsp3) is 0.917. The number of rotatable bonds is 3. The quantitative estimate of drug-likeness (QED) is 0.707. The highest BCUT2D eigenvalue weighted by Gasteiger charge is 2.58. The highest BCUT2D eigenvalue weighted by atomic mass is 32.2. The van der Waals surface area contributed by atoms with Crippen molar-refractivity contribution in [3.63, 3.8) is 0 Å². The Balaban J connectivity index is 1.92. The average molecular weight is 209 g/mol. The van der Waals surface area contributed by atoms with E-state index in [2.05, 4.69) is 19.9 Å². The summed E-state index contributed by atoms with van der Waals surface area (Å²) in [4.78, 5) is 0. The summed E-state index contributed by atoms with van der Waals surface area (Å²) in [6, 6.07) is 2.57. The third kappa shape index (κ3) is 1.56. The summed E-state index contributed by atoms with van der Waals surface area (Å²) in [7, 11) is 0. The molecule has 0 amide bonds. The fourth-order valence-electron chi connectivity index (χ4n) is 2.85. The van der Waals surface area contributed by atoms with Crippen molar-refractivity contribution in [1.82, 2.24) is 0 Å². The van der Waals surface area contributed by atoms with Gasteiger partial charge in [-0.3, -0.25) is 0 Å². The number of nitrogens with zero attached hydrogens (tertiary/aromatic N) is 1. The first-order valence-electron chi connectivity index (χ1n) is 5.73. The van der Waals surface area contributed by atoms with E-state index in [1.165, 1.54) is 38.5 Å². The molecule has 2 saturated carbocycles. The predicted octanol–water partition coefficient (Wildman–Crippen LogP) is 3.74. The first-order valence-corrected chi connectivity index (χ1v) is 6.61. The summed E-state index contributed by atoms with van der Waals surface area (Å²) in [5.74, 6) is 0. The van der Waals surface area contributed by atoms with E-state index in [1.807, 2.05) is 11.8 Å². The molecule has 1 nitrogen and oxygen atoms in total. The number of nitriles is 1. The molecule has 0 aromatic rings. The van der Waals surface area contributed by atoms with Crippen molar-refractivity contribution >= 4 is 11.8 Å². The van der Waals surface area contributed by atoms with Crippen LogP contribution < -0.4 is 0 Å². The number of hydrogen-bond donors (Lipinski definition) is 0. The minimum absolute atomic E-state index is 0.00412.